The van der Waals surface area contributed by atoms with Gasteiger partial charge in [-0.3, -0.25) is 14.5 Å². The summed E-state index contributed by atoms with van der Waals surface area (Å²) in [6.45, 7) is 14.9. The van der Waals surface area contributed by atoms with Gasteiger partial charge in [0.1, 0.15) is 6.10 Å². The first-order chi connectivity index (χ1) is 18.4. The fourth-order valence-corrected chi connectivity index (χ4v) is 7.53. The molecule has 3 atom stereocenters. The molecule has 0 spiro atoms. The standard InChI is InChI=1S/C32H48ClN3O3/c1-30(2,3)35-19-17-32(22-35,23-8-10-24(33)11-9-23)29(38)34-18-14-26(21-34)36(28(37)27-7-6-20-39-27)25-12-15-31(4,5)16-13-25/h8-11,25-27H,6-7,12-22H2,1-5H3/t26-,27-,32+/m0/s1. The largest absolute Gasteiger partial charge is 0.368 e. The summed E-state index contributed by atoms with van der Waals surface area (Å²) >= 11 is 6.25. The Kier molecular flexibility index (Phi) is 8.13. The first kappa shape index (κ1) is 28.9. The summed E-state index contributed by atoms with van der Waals surface area (Å²) < 4.78 is 5.88. The third kappa shape index (κ3) is 5.90. The summed E-state index contributed by atoms with van der Waals surface area (Å²) in [4.78, 5) is 35.1. The fourth-order valence-electron chi connectivity index (χ4n) is 7.40. The van der Waals surface area contributed by atoms with Crippen molar-refractivity contribution >= 4 is 23.4 Å². The van der Waals surface area contributed by atoms with Crippen LogP contribution in [0.1, 0.15) is 91.5 Å². The quantitative estimate of drug-likeness (QED) is 0.469. The maximum atomic E-state index is 14.5. The topological polar surface area (TPSA) is 53.1 Å². The van der Waals surface area contributed by atoms with Crippen LogP contribution in [0.4, 0.5) is 0 Å². The first-order valence-corrected chi connectivity index (χ1v) is 15.5. The lowest BCUT2D eigenvalue weighted by molar-refractivity contribution is -0.148. The van der Waals surface area contributed by atoms with E-state index in [4.69, 9.17) is 16.3 Å². The average molecular weight is 558 g/mol. The molecule has 216 valence electrons. The second kappa shape index (κ2) is 11.0. The number of carbonyl (C=O) groups is 2. The minimum absolute atomic E-state index is 0.0126. The molecular formula is C32H48ClN3O3. The number of hydrogen-bond acceptors (Lipinski definition) is 4. The van der Waals surface area contributed by atoms with E-state index in [1.807, 2.05) is 24.3 Å². The van der Waals surface area contributed by atoms with Crippen LogP contribution >= 0.6 is 11.6 Å². The van der Waals surface area contributed by atoms with Gasteiger partial charge in [-0.05, 0) is 95.2 Å². The van der Waals surface area contributed by atoms with Gasteiger partial charge in [0, 0.05) is 49.4 Å². The predicted octanol–water partition coefficient (Wildman–Crippen LogP) is 5.66. The lowest BCUT2D eigenvalue weighted by atomic mass is 9.75. The smallest absolute Gasteiger partial charge is 0.252 e. The summed E-state index contributed by atoms with van der Waals surface area (Å²) in [5, 5.41) is 0.687. The predicted molar refractivity (Wildman–Crippen MR) is 156 cm³/mol. The van der Waals surface area contributed by atoms with Gasteiger partial charge in [-0.25, -0.2) is 0 Å². The van der Waals surface area contributed by atoms with Gasteiger partial charge in [0.25, 0.3) is 5.91 Å². The van der Waals surface area contributed by atoms with Gasteiger partial charge in [-0.2, -0.15) is 0 Å². The average Bonchev–Trinajstić information content (AvgIpc) is 3.66. The van der Waals surface area contributed by atoms with E-state index >= 15 is 0 Å². The Hall–Kier alpha value is -1.63. The minimum atomic E-state index is -0.592. The third-order valence-electron chi connectivity index (χ3n) is 10.0. The van der Waals surface area contributed by atoms with Crippen LogP contribution in [0.2, 0.25) is 5.02 Å². The number of likely N-dealkylation sites (tertiary alicyclic amines) is 2. The molecule has 3 aliphatic heterocycles. The fraction of sp³-hybridized carbons (Fsp3) is 0.750. The maximum Gasteiger partial charge on any atom is 0.252 e. The highest BCUT2D eigenvalue weighted by Crippen LogP contribution is 2.42. The molecule has 4 aliphatic rings. The van der Waals surface area contributed by atoms with Gasteiger partial charge in [0.05, 0.1) is 11.5 Å². The van der Waals surface area contributed by atoms with Gasteiger partial charge < -0.3 is 14.5 Å². The summed E-state index contributed by atoms with van der Waals surface area (Å²) in [5.74, 6) is 0.358. The Morgan fingerprint density at radius 1 is 0.974 bits per heavy atom. The highest BCUT2D eigenvalue weighted by molar-refractivity contribution is 6.30. The number of halogens is 1. The van der Waals surface area contributed by atoms with Gasteiger partial charge in [0.2, 0.25) is 5.91 Å². The Labute approximate surface area is 240 Å². The van der Waals surface area contributed by atoms with Crippen LogP contribution in [0.15, 0.2) is 24.3 Å². The molecule has 1 aromatic carbocycles. The van der Waals surface area contributed by atoms with Crippen LogP contribution in [0.25, 0.3) is 0 Å². The minimum Gasteiger partial charge on any atom is -0.368 e. The molecule has 0 radical (unpaired) electrons. The van der Waals surface area contributed by atoms with Crippen molar-refractivity contribution in [3.05, 3.63) is 34.9 Å². The second-order valence-corrected chi connectivity index (χ2v) is 14.7. The molecule has 0 aromatic heterocycles. The van der Waals surface area contributed by atoms with Crippen LogP contribution in [0, 0.1) is 5.41 Å². The van der Waals surface area contributed by atoms with Crippen molar-refractivity contribution in [3.63, 3.8) is 0 Å². The van der Waals surface area contributed by atoms with Crippen LogP contribution in [-0.2, 0) is 19.7 Å². The number of ether oxygens (including phenoxy) is 1. The molecule has 4 fully saturated rings. The second-order valence-electron chi connectivity index (χ2n) is 14.3. The highest BCUT2D eigenvalue weighted by atomic mass is 35.5. The molecule has 1 saturated carbocycles. The SMILES string of the molecule is CC1(C)CCC(N(C(=O)[C@@H]2CCCO2)[C@H]2CCN(C(=O)[C@]3(c4ccc(Cl)cc4)CCN(C(C)(C)C)C3)C2)CC1. The Morgan fingerprint density at radius 2 is 1.67 bits per heavy atom. The van der Waals surface area contributed by atoms with E-state index in [1.54, 1.807) is 0 Å². The molecule has 39 heavy (non-hydrogen) atoms. The van der Waals surface area contributed by atoms with E-state index in [0.717, 1.165) is 63.5 Å². The van der Waals surface area contributed by atoms with E-state index in [2.05, 4.69) is 49.3 Å². The van der Waals surface area contributed by atoms with Gasteiger partial charge >= 0.3 is 0 Å². The zero-order chi connectivity index (χ0) is 28.0. The van der Waals surface area contributed by atoms with Crippen LogP contribution in [0.5, 0.6) is 0 Å². The molecule has 1 aromatic rings. The molecule has 0 unspecified atom stereocenters. The van der Waals surface area contributed by atoms with Crippen LogP contribution in [0.3, 0.4) is 0 Å². The zero-order valence-electron chi connectivity index (χ0n) is 24.7. The molecule has 2 amide bonds. The molecule has 7 heteroatoms. The Morgan fingerprint density at radius 3 is 2.26 bits per heavy atom. The number of rotatable bonds is 5. The van der Waals surface area contributed by atoms with Gasteiger partial charge in [-0.1, -0.05) is 37.6 Å². The lowest BCUT2D eigenvalue weighted by Crippen LogP contribution is -2.54. The van der Waals surface area contributed by atoms with E-state index in [0.29, 0.717) is 36.7 Å². The van der Waals surface area contributed by atoms with Crippen molar-refractivity contribution in [2.45, 2.75) is 115 Å². The normalized spacial score (nSPS) is 30.2. The Balaban J connectivity index is 1.38. The molecule has 3 saturated heterocycles. The summed E-state index contributed by atoms with van der Waals surface area (Å²) in [6.07, 6.45) is 7.40. The molecular weight excluding hydrogens is 510 g/mol. The third-order valence-corrected chi connectivity index (χ3v) is 10.3. The van der Waals surface area contributed by atoms with Crippen molar-refractivity contribution in [2.24, 2.45) is 5.41 Å². The monoisotopic (exact) mass is 557 g/mol. The Bertz CT molecular complexity index is 1040. The van der Waals surface area contributed by atoms with Crippen LogP contribution < -0.4 is 0 Å². The summed E-state index contributed by atoms with van der Waals surface area (Å²) in [6, 6.07) is 8.19. The van der Waals surface area contributed by atoms with Crippen molar-refractivity contribution in [1.82, 2.24) is 14.7 Å². The molecule has 6 nitrogen and oxygen atoms in total. The molecule has 5 rings (SSSR count). The van der Waals surface area contributed by atoms with Crippen molar-refractivity contribution in [2.75, 3.05) is 32.8 Å². The molecule has 3 heterocycles. The lowest BCUT2D eigenvalue weighted by Gasteiger charge is -2.43. The summed E-state index contributed by atoms with van der Waals surface area (Å²) in [7, 11) is 0. The molecule has 0 N–H and O–H groups in total. The number of benzene rings is 1. The van der Waals surface area contributed by atoms with Gasteiger partial charge in [-0.15, -0.1) is 0 Å². The number of hydrogen-bond donors (Lipinski definition) is 0. The number of nitrogens with zero attached hydrogens (tertiary/aromatic N) is 3. The van der Waals surface area contributed by atoms with Crippen LogP contribution in [-0.4, -0.2) is 83.0 Å². The maximum absolute atomic E-state index is 14.5. The van der Waals surface area contributed by atoms with Crippen molar-refractivity contribution in [1.29, 1.82) is 0 Å². The highest BCUT2D eigenvalue weighted by Gasteiger charge is 2.52. The van der Waals surface area contributed by atoms with Gasteiger partial charge in [0.15, 0.2) is 0 Å². The van der Waals surface area contributed by atoms with Crippen molar-refractivity contribution in [3.8, 4) is 0 Å². The van der Waals surface area contributed by atoms with E-state index in [1.165, 1.54) is 0 Å². The number of carbonyl (C=O) groups excluding carboxylic acids is 2. The molecule has 0 bridgehead atoms. The van der Waals surface area contributed by atoms with E-state index in [-0.39, 0.29) is 35.5 Å². The summed E-state index contributed by atoms with van der Waals surface area (Å²) in [5.41, 5.74) is 0.777. The van der Waals surface area contributed by atoms with E-state index in [9.17, 15) is 9.59 Å². The molecule has 1 aliphatic carbocycles. The van der Waals surface area contributed by atoms with E-state index < -0.39 is 5.41 Å². The van der Waals surface area contributed by atoms with Crippen molar-refractivity contribution < 1.29 is 14.3 Å². The zero-order valence-corrected chi connectivity index (χ0v) is 25.4. The number of amides is 2. The first-order valence-electron chi connectivity index (χ1n) is 15.1.